The van der Waals surface area contributed by atoms with E-state index in [-0.39, 0.29) is 6.10 Å². The Morgan fingerprint density at radius 1 is 1.55 bits per heavy atom. The molecule has 1 heterocycles. The fourth-order valence-electron chi connectivity index (χ4n) is 2.47. The van der Waals surface area contributed by atoms with Gasteiger partial charge in [0.15, 0.2) is 0 Å². The molecule has 0 spiro atoms. The first kappa shape index (κ1) is 14.8. The van der Waals surface area contributed by atoms with E-state index >= 15 is 0 Å². The molecule has 0 saturated carbocycles. The van der Waals surface area contributed by atoms with Crippen LogP contribution in [0.1, 0.15) is 25.8 Å². The molecule has 0 radical (unpaired) electrons. The van der Waals surface area contributed by atoms with E-state index in [9.17, 15) is 4.79 Å². The maximum atomic E-state index is 11.1. The molecule has 0 amide bonds. The van der Waals surface area contributed by atoms with Gasteiger partial charge < -0.3 is 15.6 Å². The third-order valence-electron chi connectivity index (χ3n) is 3.48. The van der Waals surface area contributed by atoms with Gasteiger partial charge in [0.05, 0.1) is 6.10 Å². The third-order valence-corrected chi connectivity index (χ3v) is 3.48. The Morgan fingerprint density at radius 2 is 2.30 bits per heavy atom. The van der Waals surface area contributed by atoms with E-state index in [1.165, 1.54) is 0 Å². The van der Waals surface area contributed by atoms with Crippen LogP contribution in [0, 0.1) is 0 Å². The summed E-state index contributed by atoms with van der Waals surface area (Å²) in [5, 5.41) is 9.13. The van der Waals surface area contributed by atoms with Gasteiger partial charge in [0, 0.05) is 19.6 Å². The van der Waals surface area contributed by atoms with Gasteiger partial charge in [-0.25, -0.2) is 0 Å². The zero-order chi connectivity index (χ0) is 14.8. The number of aliphatic carboxylic acids is 1. The normalized spacial score (nSPS) is 23.2. The van der Waals surface area contributed by atoms with Gasteiger partial charge in [0.25, 0.3) is 0 Å². The quantitative estimate of drug-likeness (QED) is 0.853. The highest BCUT2D eigenvalue weighted by molar-refractivity contribution is 5.79. The Balaban J connectivity index is 1.99. The molecule has 0 aliphatic carbocycles. The van der Waals surface area contributed by atoms with E-state index in [1.807, 2.05) is 38.1 Å². The lowest BCUT2D eigenvalue weighted by atomic mass is 10.0. The maximum absolute atomic E-state index is 11.1. The van der Waals surface area contributed by atoms with E-state index in [0.717, 1.165) is 11.3 Å². The van der Waals surface area contributed by atoms with Gasteiger partial charge in [0.1, 0.15) is 11.3 Å². The number of likely N-dealkylation sites (tertiary alicyclic amines) is 1. The number of ether oxygens (including phenoxy) is 1. The summed E-state index contributed by atoms with van der Waals surface area (Å²) < 4.78 is 5.66. The smallest absolute Gasteiger partial charge is 0.325 e. The summed E-state index contributed by atoms with van der Waals surface area (Å²) in [6.07, 6.45) is 0.630. The topological polar surface area (TPSA) is 75.8 Å². The molecule has 5 nitrogen and oxygen atoms in total. The van der Waals surface area contributed by atoms with Crippen molar-refractivity contribution in [1.82, 2.24) is 4.90 Å². The second kappa shape index (κ2) is 5.81. The van der Waals surface area contributed by atoms with Crippen LogP contribution in [-0.4, -0.2) is 40.7 Å². The molecule has 1 fully saturated rings. The number of carbonyl (C=O) groups is 1. The van der Waals surface area contributed by atoms with Crippen LogP contribution >= 0.6 is 0 Å². The number of hydrogen-bond acceptors (Lipinski definition) is 4. The zero-order valence-electron chi connectivity index (χ0n) is 12.0. The molecule has 1 aliphatic rings. The highest BCUT2D eigenvalue weighted by Crippen LogP contribution is 2.22. The Morgan fingerprint density at radius 3 is 2.90 bits per heavy atom. The number of benzene rings is 1. The predicted molar refractivity (Wildman–Crippen MR) is 76.7 cm³/mol. The summed E-state index contributed by atoms with van der Waals surface area (Å²) in [4.78, 5) is 13.2. The van der Waals surface area contributed by atoms with Crippen LogP contribution in [-0.2, 0) is 11.3 Å². The lowest BCUT2D eigenvalue weighted by Crippen LogP contribution is -2.50. The van der Waals surface area contributed by atoms with E-state index in [1.54, 1.807) is 0 Å². The first-order valence-electron chi connectivity index (χ1n) is 6.89. The number of rotatable bonds is 5. The summed E-state index contributed by atoms with van der Waals surface area (Å²) in [5.74, 6) is -0.0779. The lowest BCUT2D eigenvalue weighted by molar-refractivity contribution is -0.142. The minimum Gasteiger partial charge on any atom is -0.491 e. The van der Waals surface area contributed by atoms with Crippen LogP contribution in [0.4, 0.5) is 0 Å². The fraction of sp³-hybridized carbons (Fsp3) is 0.533. The molecule has 5 heteroatoms. The van der Waals surface area contributed by atoms with Crippen molar-refractivity contribution in [3.8, 4) is 5.75 Å². The van der Waals surface area contributed by atoms with Crippen molar-refractivity contribution < 1.29 is 14.6 Å². The molecule has 2 rings (SSSR count). The van der Waals surface area contributed by atoms with Crippen molar-refractivity contribution in [2.24, 2.45) is 5.73 Å². The first-order valence-corrected chi connectivity index (χ1v) is 6.89. The summed E-state index contributed by atoms with van der Waals surface area (Å²) in [7, 11) is 0. The minimum atomic E-state index is -1.11. The highest BCUT2D eigenvalue weighted by atomic mass is 16.5. The van der Waals surface area contributed by atoms with Crippen molar-refractivity contribution in [2.75, 3.05) is 13.1 Å². The molecule has 1 aromatic rings. The summed E-state index contributed by atoms with van der Waals surface area (Å²) in [6.45, 7) is 5.77. The average Bonchev–Trinajstić information content (AvgIpc) is 2.72. The van der Waals surface area contributed by atoms with Crippen LogP contribution in [0.15, 0.2) is 24.3 Å². The summed E-state index contributed by atoms with van der Waals surface area (Å²) >= 11 is 0. The Bertz CT molecular complexity index is 490. The van der Waals surface area contributed by atoms with Gasteiger partial charge in [-0.2, -0.15) is 0 Å². The fourth-order valence-corrected chi connectivity index (χ4v) is 2.47. The van der Waals surface area contributed by atoms with Gasteiger partial charge in [-0.3, -0.25) is 9.69 Å². The van der Waals surface area contributed by atoms with Crippen molar-refractivity contribution in [2.45, 2.75) is 38.5 Å². The van der Waals surface area contributed by atoms with Gasteiger partial charge in [-0.15, -0.1) is 0 Å². The number of nitrogens with two attached hydrogens (primary N) is 1. The Kier molecular flexibility index (Phi) is 4.30. The standard InChI is InChI=1S/C15H22N2O3/c1-11(2)20-13-5-3-4-12(8-13)9-17-7-6-15(16,10-17)14(18)19/h3-5,8,11H,6-7,9-10,16H2,1-2H3,(H,18,19). The van der Waals surface area contributed by atoms with Gasteiger partial charge >= 0.3 is 5.97 Å². The van der Waals surface area contributed by atoms with Crippen molar-refractivity contribution in [3.63, 3.8) is 0 Å². The Labute approximate surface area is 119 Å². The lowest BCUT2D eigenvalue weighted by Gasteiger charge is -2.20. The van der Waals surface area contributed by atoms with Gasteiger partial charge in [0.2, 0.25) is 0 Å². The number of hydrogen-bond donors (Lipinski definition) is 2. The molecular weight excluding hydrogens is 256 g/mol. The largest absolute Gasteiger partial charge is 0.491 e. The second-order valence-corrected chi connectivity index (χ2v) is 5.74. The van der Waals surface area contributed by atoms with Crippen LogP contribution in [0.2, 0.25) is 0 Å². The minimum absolute atomic E-state index is 0.140. The number of carboxylic acids is 1. The first-order chi connectivity index (χ1) is 9.39. The maximum Gasteiger partial charge on any atom is 0.325 e. The second-order valence-electron chi connectivity index (χ2n) is 5.74. The molecule has 110 valence electrons. The highest BCUT2D eigenvalue weighted by Gasteiger charge is 2.40. The van der Waals surface area contributed by atoms with Crippen LogP contribution in [0.25, 0.3) is 0 Å². The molecule has 1 saturated heterocycles. The van der Waals surface area contributed by atoms with E-state index in [0.29, 0.717) is 26.1 Å². The molecule has 1 aromatic carbocycles. The van der Waals surface area contributed by atoms with Crippen LogP contribution in [0.5, 0.6) is 5.75 Å². The van der Waals surface area contributed by atoms with E-state index in [2.05, 4.69) is 4.90 Å². The molecule has 0 aromatic heterocycles. The molecular formula is C15H22N2O3. The molecule has 0 bridgehead atoms. The van der Waals surface area contributed by atoms with E-state index < -0.39 is 11.5 Å². The van der Waals surface area contributed by atoms with Crippen molar-refractivity contribution >= 4 is 5.97 Å². The molecule has 1 unspecified atom stereocenters. The van der Waals surface area contributed by atoms with Crippen LogP contribution < -0.4 is 10.5 Å². The summed E-state index contributed by atoms with van der Waals surface area (Å²) in [5.41, 5.74) is 5.88. The van der Waals surface area contributed by atoms with Crippen molar-refractivity contribution in [1.29, 1.82) is 0 Å². The van der Waals surface area contributed by atoms with Crippen molar-refractivity contribution in [3.05, 3.63) is 29.8 Å². The Hall–Kier alpha value is -1.59. The molecule has 1 atom stereocenters. The molecule has 1 aliphatic heterocycles. The number of nitrogens with zero attached hydrogens (tertiary/aromatic N) is 1. The average molecular weight is 278 g/mol. The third kappa shape index (κ3) is 3.49. The van der Waals surface area contributed by atoms with Gasteiger partial charge in [-0.1, -0.05) is 12.1 Å². The number of carboxylic acid groups (broad SMARTS) is 1. The molecule has 20 heavy (non-hydrogen) atoms. The van der Waals surface area contributed by atoms with E-state index in [4.69, 9.17) is 15.6 Å². The van der Waals surface area contributed by atoms with Crippen LogP contribution in [0.3, 0.4) is 0 Å². The van der Waals surface area contributed by atoms with Gasteiger partial charge in [-0.05, 0) is 38.0 Å². The predicted octanol–water partition coefficient (Wildman–Crippen LogP) is 1.46. The molecule has 3 N–H and O–H groups in total. The summed E-state index contributed by atoms with van der Waals surface area (Å²) in [6, 6.07) is 7.90. The SMILES string of the molecule is CC(C)Oc1cccc(CN2CCC(N)(C(=O)O)C2)c1. The monoisotopic (exact) mass is 278 g/mol. The zero-order valence-corrected chi connectivity index (χ0v) is 12.0.